The monoisotopic (exact) mass is 637 g/mol. The van der Waals surface area contributed by atoms with Gasteiger partial charge >= 0.3 is 0 Å². The second-order valence-electron chi connectivity index (χ2n) is 17.3. The summed E-state index contributed by atoms with van der Waals surface area (Å²) in [5, 5.41) is 0. The molecule has 0 aromatic rings. The lowest BCUT2D eigenvalue weighted by atomic mass is 9.91. The molecule has 0 aromatic heterocycles. The molecule has 0 N–H and O–H groups in total. The van der Waals surface area contributed by atoms with Gasteiger partial charge in [-0.05, 0) is 67.1 Å². The summed E-state index contributed by atoms with van der Waals surface area (Å²) in [6.45, 7) is 28.7. The molecule has 0 aromatic carbocycles. The molecule has 0 heterocycles. The van der Waals surface area contributed by atoms with Gasteiger partial charge < -0.3 is 9.47 Å². The van der Waals surface area contributed by atoms with Gasteiger partial charge in [0.25, 0.3) is 0 Å². The van der Waals surface area contributed by atoms with Crippen molar-refractivity contribution in [3.05, 3.63) is 0 Å². The minimum absolute atomic E-state index is 0.207. The first-order valence-electron chi connectivity index (χ1n) is 20.6. The van der Waals surface area contributed by atoms with Gasteiger partial charge in [-0.2, -0.15) is 0 Å². The fourth-order valence-electron chi connectivity index (χ4n) is 6.93. The summed E-state index contributed by atoms with van der Waals surface area (Å²) in [7, 11) is 0. The van der Waals surface area contributed by atoms with Crippen LogP contribution in [0.2, 0.25) is 0 Å². The van der Waals surface area contributed by atoms with E-state index < -0.39 is 0 Å². The molecule has 45 heavy (non-hydrogen) atoms. The zero-order valence-electron chi connectivity index (χ0n) is 33.3. The Kier molecular flexibility index (Phi) is 30.0. The van der Waals surface area contributed by atoms with E-state index >= 15 is 0 Å². The van der Waals surface area contributed by atoms with Crippen LogP contribution < -0.4 is 0 Å². The molecular weight excluding hydrogens is 548 g/mol. The van der Waals surface area contributed by atoms with E-state index in [9.17, 15) is 0 Å². The van der Waals surface area contributed by atoms with Crippen LogP contribution in [0.3, 0.4) is 0 Å². The third-order valence-corrected chi connectivity index (χ3v) is 10.7. The van der Waals surface area contributed by atoms with E-state index in [1.54, 1.807) is 0 Å². The van der Waals surface area contributed by atoms with Crippen LogP contribution in [0.1, 0.15) is 205 Å². The van der Waals surface area contributed by atoms with Crippen molar-refractivity contribution < 1.29 is 9.47 Å². The molecule has 0 fully saturated rings. The van der Waals surface area contributed by atoms with Crippen molar-refractivity contribution in [1.82, 2.24) is 0 Å². The highest BCUT2D eigenvalue weighted by atomic mass is 16.5. The normalized spacial score (nSPS) is 17.0. The Morgan fingerprint density at radius 2 is 0.578 bits per heavy atom. The molecule has 0 aliphatic carbocycles. The van der Waals surface area contributed by atoms with Crippen LogP contribution in [-0.2, 0) is 9.47 Å². The van der Waals surface area contributed by atoms with E-state index in [-0.39, 0.29) is 6.10 Å². The molecule has 0 radical (unpaired) electrons. The third-order valence-electron chi connectivity index (χ3n) is 10.7. The smallest absolute Gasteiger partial charge is 0.0780 e. The van der Waals surface area contributed by atoms with E-state index in [0.29, 0.717) is 0 Å². The first-order chi connectivity index (χ1) is 21.4. The summed E-state index contributed by atoms with van der Waals surface area (Å²) in [5.74, 6) is 6.84. The Hall–Kier alpha value is -0.0800. The van der Waals surface area contributed by atoms with Gasteiger partial charge in [0.05, 0.1) is 12.7 Å². The lowest BCUT2D eigenvalue weighted by Gasteiger charge is -2.18. The number of hydrogen-bond acceptors (Lipinski definition) is 2. The second kappa shape index (κ2) is 30.0. The maximum absolute atomic E-state index is 6.11. The van der Waals surface area contributed by atoms with E-state index in [1.807, 2.05) is 0 Å². The van der Waals surface area contributed by atoms with Crippen LogP contribution in [0, 0.1) is 47.3 Å². The predicted molar refractivity (Wildman–Crippen MR) is 203 cm³/mol. The van der Waals surface area contributed by atoms with Crippen molar-refractivity contribution in [2.45, 2.75) is 211 Å². The molecule has 7 unspecified atom stereocenters. The zero-order valence-corrected chi connectivity index (χ0v) is 33.3. The van der Waals surface area contributed by atoms with E-state index in [4.69, 9.17) is 9.47 Å². The van der Waals surface area contributed by atoms with Crippen LogP contribution in [0.4, 0.5) is 0 Å². The van der Waals surface area contributed by atoms with Crippen molar-refractivity contribution in [3.8, 4) is 0 Å². The molecular formula is C43H88O2. The largest absolute Gasteiger partial charge is 0.379 e. The average Bonchev–Trinajstić information content (AvgIpc) is 2.95. The maximum atomic E-state index is 6.11. The highest BCUT2D eigenvalue weighted by Crippen LogP contribution is 2.24. The minimum atomic E-state index is 0.207. The van der Waals surface area contributed by atoms with Crippen LogP contribution >= 0.6 is 0 Å². The Morgan fingerprint density at radius 3 is 0.889 bits per heavy atom. The van der Waals surface area contributed by atoms with Crippen LogP contribution in [0.15, 0.2) is 0 Å². The van der Waals surface area contributed by atoms with Crippen LogP contribution in [0.5, 0.6) is 0 Å². The van der Waals surface area contributed by atoms with Crippen molar-refractivity contribution in [2.75, 3.05) is 19.8 Å². The molecule has 0 aliphatic rings. The number of hydrogen-bond donors (Lipinski definition) is 0. The first-order valence-corrected chi connectivity index (χ1v) is 20.6. The quantitative estimate of drug-likeness (QED) is 0.0667. The van der Waals surface area contributed by atoms with Gasteiger partial charge in [0.2, 0.25) is 0 Å². The molecule has 272 valence electrons. The maximum Gasteiger partial charge on any atom is 0.0780 e. The van der Waals surface area contributed by atoms with Gasteiger partial charge in [0.1, 0.15) is 0 Å². The molecule has 0 rings (SSSR count). The topological polar surface area (TPSA) is 18.5 Å². The molecule has 0 saturated carbocycles. The minimum Gasteiger partial charge on any atom is -0.379 e. The van der Waals surface area contributed by atoms with Crippen molar-refractivity contribution >= 4 is 0 Å². The van der Waals surface area contributed by atoms with Crippen molar-refractivity contribution in [2.24, 2.45) is 47.3 Å². The summed E-state index contributed by atoms with van der Waals surface area (Å²) in [5.41, 5.74) is 0. The molecule has 2 heteroatoms. The number of ether oxygens (including phenoxy) is 2. The second-order valence-corrected chi connectivity index (χ2v) is 17.3. The van der Waals surface area contributed by atoms with Crippen molar-refractivity contribution in [1.29, 1.82) is 0 Å². The first kappa shape index (κ1) is 44.9. The van der Waals surface area contributed by atoms with E-state index in [0.717, 1.165) is 67.2 Å². The zero-order chi connectivity index (χ0) is 33.9. The Labute approximate surface area is 286 Å². The molecule has 0 amide bonds. The molecule has 0 aliphatic heterocycles. The Balaban J connectivity index is 3.66. The fraction of sp³-hybridized carbons (Fsp3) is 1.00. The van der Waals surface area contributed by atoms with E-state index in [1.165, 1.54) is 128 Å². The highest BCUT2D eigenvalue weighted by Gasteiger charge is 2.11. The SMILES string of the molecule is CC(C)CCCC(C)CCCC(C)CCCC(C)CCOCC(C)OCCC(C)CCCC(C)CCCC(C)CCCC(C)C. The summed E-state index contributed by atoms with van der Waals surface area (Å²) >= 11 is 0. The lowest BCUT2D eigenvalue weighted by molar-refractivity contribution is -0.0132. The van der Waals surface area contributed by atoms with Crippen LogP contribution in [0.25, 0.3) is 0 Å². The Morgan fingerprint density at radius 1 is 0.311 bits per heavy atom. The predicted octanol–water partition coefficient (Wildman–Crippen LogP) is 14.3. The molecule has 0 spiro atoms. The van der Waals surface area contributed by atoms with Gasteiger partial charge in [0, 0.05) is 13.2 Å². The number of rotatable bonds is 33. The van der Waals surface area contributed by atoms with Crippen LogP contribution in [-0.4, -0.2) is 25.9 Å². The summed E-state index contributed by atoms with van der Waals surface area (Å²) in [6.07, 6.45) is 27.8. The van der Waals surface area contributed by atoms with E-state index in [2.05, 4.69) is 76.2 Å². The molecule has 0 saturated heterocycles. The third kappa shape index (κ3) is 32.3. The molecule has 0 bridgehead atoms. The van der Waals surface area contributed by atoms with Gasteiger partial charge in [-0.15, -0.1) is 0 Å². The van der Waals surface area contributed by atoms with Gasteiger partial charge in [-0.1, -0.05) is 185 Å². The van der Waals surface area contributed by atoms with Gasteiger partial charge in [-0.25, -0.2) is 0 Å². The summed E-state index contributed by atoms with van der Waals surface area (Å²) < 4.78 is 12.1. The standard InChI is InChI=1S/C43H88O2/c1-35(2)18-12-20-37(5)22-14-24-39(7)26-16-28-41(9)30-32-44-34-43(11)45-33-31-42(10)29-17-27-40(8)25-15-23-38(6)21-13-19-36(3)4/h35-43H,12-34H2,1-11H3. The van der Waals surface area contributed by atoms with Gasteiger partial charge in [-0.3, -0.25) is 0 Å². The highest BCUT2D eigenvalue weighted by molar-refractivity contribution is 4.63. The van der Waals surface area contributed by atoms with Gasteiger partial charge in [0.15, 0.2) is 0 Å². The lowest BCUT2D eigenvalue weighted by Crippen LogP contribution is -2.18. The summed E-state index contributed by atoms with van der Waals surface area (Å²) in [6, 6.07) is 0. The average molecular weight is 637 g/mol. The fourth-order valence-corrected chi connectivity index (χ4v) is 6.93. The van der Waals surface area contributed by atoms with Crippen molar-refractivity contribution in [3.63, 3.8) is 0 Å². The Bertz CT molecular complexity index is 601. The molecule has 7 atom stereocenters. The summed E-state index contributed by atoms with van der Waals surface area (Å²) in [4.78, 5) is 0. The molecule has 2 nitrogen and oxygen atoms in total.